The Bertz CT molecular complexity index is 1340. The summed E-state index contributed by atoms with van der Waals surface area (Å²) in [6.45, 7) is 4.77. The summed E-state index contributed by atoms with van der Waals surface area (Å²) in [5.74, 6) is 0.969. The van der Waals surface area contributed by atoms with Gasteiger partial charge in [0, 0.05) is 28.7 Å². The van der Waals surface area contributed by atoms with E-state index in [1.165, 1.54) is 6.33 Å². The third-order valence-electron chi connectivity index (χ3n) is 5.63. The second kappa shape index (κ2) is 8.07. The van der Waals surface area contributed by atoms with Gasteiger partial charge in [0.2, 0.25) is 0 Å². The fraction of sp³-hybridized carbons (Fsp3) is 0.348. The summed E-state index contributed by atoms with van der Waals surface area (Å²) < 4.78 is 14.1. The number of hydrogen-bond acceptors (Lipinski definition) is 7. The van der Waals surface area contributed by atoms with Crippen molar-refractivity contribution in [2.24, 2.45) is 0 Å². The number of aryl methyl sites for hydroxylation is 1. The molecule has 0 atom stereocenters. The maximum absolute atomic E-state index is 13.3. The minimum Gasteiger partial charge on any atom is -0.495 e. The molecule has 8 nitrogen and oxygen atoms in total. The van der Waals surface area contributed by atoms with Crippen LogP contribution in [0.25, 0.3) is 26.0 Å². The zero-order chi connectivity index (χ0) is 22.4. The first-order valence-electron chi connectivity index (χ1n) is 10.6. The van der Waals surface area contributed by atoms with Crippen LogP contribution in [0.4, 0.5) is 5.82 Å². The highest BCUT2D eigenvalue weighted by molar-refractivity contribution is 7.22. The van der Waals surface area contributed by atoms with E-state index in [1.807, 2.05) is 19.9 Å². The maximum Gasteiger partial charge on any atom is 0.270 e. The van der Waals surface area contributed by atoms with Gasteiger partial charge in [-0.05, 0) is 49.8 Å². The van der Waals surface area contributed by atoms with Gasteiger partial charge in [0.25, 0.3) is 5.91 Å². The molecule has 0 spiro atoms. The van der Waals surface area contributed by atoms with Gasteiger partial charge in [-0.3, -0.25) is 4.79 Å². The zero-order valence-corrected chi connectivity index (χ0v) is 19.1. The normalized spacial score (nSPS) is 13.7. The lowest BCUT2D eigenvalue weighted by Crippen LogP contribution is -2.28. The lowest BCUT2D eigenvalue weighted by Gasteiger charge is -2.08. The van der Waals surface area contributed by atoms with Gasteiger partial charge in [-0.1, -0.05) is 6.07 Å². The van der Waals surface area contributed by atoms with Gasteiger partial charge in [-0.2, -0.15) is 5.10 Å². The van der Waals surface area contributed by atoms with Gasteiger partial charge in [0.1, 0.15) is 23.3 Å². The summed E-state index contributed by atoms with van der Waals surface area (Å²) in [7, 11) is 1.67. The summed E-state index contributed by atoms with van der Waals surface area (Å²) in [5, 5.41) is 8.55. The standard InChI is InChI=1S/C23H25N5O3S/c1-4-31-10-15-18(17-9-13-7-12(2)8-16(30-3)21(13)32-17)20-22(24)25-11-26-28(20)19(15)23(29)27-14-5-6-14/h7-9,11,14H,4-6,10H2,1-3H3,(H,27,29)(H2,24,25,26). The van der Waals surface area contributed by atoms with Crippen molar-refractivity contribution in [1.82, 2.24) is 19.9 Å². The van der Waals surface area contributed by atoms with E-state index in [4.69, 9.17) is 15.2 Å². The molecule has 1 aliphatic rings. The summed E-state index contributed by atoms with van der Waals surface area (Å²) in [6.07, 6.45) is 3.37. The van der Waals surface area contributed by atoms with Crippen LogP contribution < -0.4 is 15.8 Å². The number of rotatable bonds is 7. The first-order valence-corrected chi connectivity index (χ1v) is 11.4. The molecule has 0 bridgehead atoms. The van der Waals surface area contributed by atoms with Gasteiger partial charge in [-0.15, -0.1) is 11.3 Å². The molecular formula is C23H25N5O3S. The highest BCUT2D eigenvalue weighted by Crippen LogP contribution is 2.44. The van der Waals surface area contributed by atoms with Gasteiger partial charge in [0.05, 0.1) is 18.4 Å². The molecule has 1 aromatic carbocycles. The Kier molecular flexibility index (Phi) is 5.22. The van der Waals surface area contributed by atoms with Gasteiger partial charge in [-0.25, -0.2) is 9.50 Å². The highest BCUT2D eigenvalue weighted by Gasteiger charge is 2.31. The van der Waals surface area contributed by atoms with Crippen molar-refractivity contribution in [3.63, 3.8) is 0 Å². The number of hydrogen-bond donors (Lipinski definition) is 2. The van der Waals surface area contributed by atoms with E-state index in [0.717, 1.165) is 50.2 Å². The number of carbonyl (C=O) groups excluding carboxylic acids is 1. The highest BCUT2D eigenvalue weighted by atomic mass is 32.1. The molecule has 32 heavy (non-hydrogen) atoms. The SMILES string of the molecule is CCOCc1c(-c2cc3cc(C)cc(OC)c3s2)c2c(N)ncnn2c1C(=O)NC1CC1. The monoisotopic (exact) mass is 451 g/mol. The van der Waals surface area contributed by atoms with Crippen LogP contribution in [-0.2, 0) is 11.3 Å². The molecule has 5 rings (SSSR count). The van der Waals surface area contributed by atoms with Crippen LogP contribution in [0.3, 0.4) is 0 Å². The van der Waals surface area contributed by atoms with Gasteiger partial charge >= 0.3 is 0 Å². The molecule has 3 aromatic heterocycles. The minimum atomic E-state index is -0.170. The number of carbonyl (C=O) groups is 1. The Morgan fingerprint density at radius 3 is 2.88 bits per heavy atom. The smallest absolute Gasteiger partial charge is 0.270 e. The molecule has 0 aliphatic heterocycles. The Morgan fingerprint density at radius 2 is 2.16 bits per heavy atom. The number of ether oxygens (including phenoxy) is 2. The van der Waals surface area contributed by atoms with Gasteiger partial charge in [0.15, 0.2) is 5.82 Å². The van der Waals surface area contributed by atoms with Crippen LogP contribution >= 0.6 is 11.3 Å². The summed E-state index contributed by atoms with van der Waals surface area (Å²) in [6, 6.07) is 6.47. The first kappa shape index (κ1) is 20.7. The molecule has 4 aromatic rings. The molecule has 3 N–H and O–H groups in total. The Labute approximate surface area is 189 Å². The fourth-order valence-corrected chi connectivity index (χ4v) is 5.23. The number of nitrogens with zero attached hydrogens (tertiary/aromatic N) is 3. The van der Waals surface area contributed by atoms with E-state index in [2.05, 4.69) is 27.5 Å². The van der Waals surface area contributed by atoms with E-state index in [-0.39, 0.29) is 18.6 Å². The van der Waals surface area contributed by atoms with Crippen LogP contribution in [0.5, 0.6) is 5.75 Å². The van der Waals surface area contributed by atoms with Crippen molar-refractivity contribution in [1.29, 1.82) is 0 Å². The number of thiophene rings is 1. The zero-order valence-electron chi connectivity index (χ0n) is 18.3. The second-order valence-electron chi connectivity index (χ2n) is 7.99. The predicted octanol–water partition coefficient (Wildman–Crippen LogP) is 3.94. The molecular weight excluding hydrogens is 426 g/mol. The van der Waals surface area contributed by atoms with Crippen LogP contribution in [0.2, 0.25) is 0 Å². The fourth-order valence-electron chi connectivity index (χ4n) is 4.02. The molecule has 1 saturated carbocycles. The summed E-state index contributed by atoms with van der Waals surface area (Å²) in [4.78, 5) is 18.4. The average Bonchev–Trinajstić information content (AvgIpc) is 3.37. The van der Waals surface area contributed by atoms with Crippen LogP contribution in [-0.4, -0.2) is 40.3 Å². The number of benzene rings is 1. The molecule has 0 unspecified atom stereocenters. The number of aromatic nitrogens is 3. The lowest BCUT2D eigenvalue weighted by atomic mass is 10.1. The first-order chi connectivity index (χ1) is 15.5. The predicted molar refractivity (Wildman–Crippen MR) is 125 cm³/mol. The van der Waals surface area contributed by atoms with E-state index < -0.39 is 0 Å². The molecule has 166 valence electrons. The molecule has 0 radical (unpaired) electrons. The molecule has 1 aliphatic carbocycles. The average molecular weight is 452 g/mol. The maximum atomic E-state index is 13.3. The summed E-state index contributed by atoms with van der Waals surface area (Å²) >= 11 is 1.60. The molecule has 1 fully saturated rings. The number of methoxy groups -OCH3 is 1. The van der Waals surface area contributed by atoms with E-state index in [1.54, 1.807) is 23.0 Å². The van der Waals surface area contributed by atoms with Crippen molar-refractivity contribution in [2.75, 3.05) is 19.5 Å². The molecule has 0 saturated heterocycles. The number of nitrogens with one attached hydrogen (secondary N) is 1. The number of amides is 1. The molecule has 9 heteroatoms. The quantitative estimate of drug-likeness (QED) is 0.441. The van der Waals surface area contributed by atoms with Crippen molar-refractivity contribution in [3.8, 4) is 16.2 Å². The third-order valence-corrected chi connectivity index (χ3v) is 6.81. The number of fused-ring (bicyclic) bond motifs is 2. The van der Waals surface area contributed by atoms with Gasteiger partial charge < -0.3 is 20.5 Å². The lowest BCUT2D eigenvalue weighted by molar-refractivity contribution is 0.0933. The Morgan fingerprint density at radius 1 is 1.34 bits per heavy atom. The van der Waals surface area contributed by atoms with Crippen LogP contribution in [0, 0.1) is 6.92 Å². The van der Waals surface area contributed by atoms with Crippen molar-refractivity contribution >= 4 is 38.7 Å². The Hall–Kier alpha value is -3.17. The number of anilines is 1. The topological polar surface area (TPSA) is 104 Å². The largest absolute Gasteiger partial charge is 0.495 e. The van der Waals surface area contributed by atoms with Crippen LogP contribution in [0.15, 0.2) is 24.5 Å². The second-order valence-corrected chi connectivity index (χ2v) is 9.04. The molecule has 3 heterocycles. The number of nitrogen functional groups attached to an aromatic ring is 1. The van der Waals surface area contributed by atoms with E-state index in [9.17, 15) is 4.79 Å². The molecule has 1 amide bonds. The van der Waals surface area contributed by atoms with E-state index >= 15 is 0 Å². The van der Waals surface area contributed by atoms with Crippen LogP contribution in [0.1, 0.15) is 41.4 Å². The third kappa shape index (κ3) is 3.47. The number of nitrogens with two attached hydrogens (primary N) is 1. The minimum absolute atomic E-state index is 0.170. The van der Waals surface area contributed by atoms with Crippen molar-refractivity contribution < 1.29 is 14.3 Å². The Balaban J connectivity index is 1.80. The van der Waals surface area contributed by atoms with Crippen molar-refractivity contribution in [2.45, 2.75) is 39.3 Å². The van der Waals surface area contributed by atoms with Crippen molar-refractivity contribution in [3.05, 3.63) is 41.3 Å². The van der Waals surface area contributed by atoms with E-state index in [0.29, 0.717) is 23.6 Å². The summed E-state index contributed by atoms with van der Waals surface area (Å²) in [5.41, 5.74) is 10.1.